The van der Waals surface area contributed by atoms with Gasteiger partial charge in [-0.15, -0.1) is 0 Å². The van der Waals surface area contributed by atoms with Gasteiger partial charge in [-0.3, -0.25) is 4.79 Å². The fourth-order valence-electron chi connectivity index (χ4n) is 3.64. The van der Waals surface area contributed by atoms with Gasteiger partial charge in [0.1, 0.15) is 0 Å². The molecule has 128 valence electrons. The van der Waals surface area contributed by atoms with Crippen molar-refractivity contribution >= 4 is 5.82 Å². The number of rotatable bonds is 1. The quantitative estimate of drug-likeness (QED) is 0.817. The number of aromatic amines is 1. The van der Waals surface area contributed by atoms with Crippen molar-refractivity contribution in [1.82, 2.24) is 9.97 Å². The molecule has 3 N–H and O–H groups in total. The molecule has 0 unspecified atom stereocenters. The van der Waals surface area contributed by atoms with Crippen LogP contribution in [-0.2, 0) is 10.2 Å². The van der Waals surface area contributed by atoms with Gasteiger partial charge in [0.15, 0.2) is 5.82 Å². The second-order valence-electron chi connectivity index (χ2n) is 8.09. The molecule has 0 amide bonds. The van der Waals surface area contributed by atoms with Gasteiger partial charge in [0.05, 0.1) is 12.7 Å². The smallest absolute Gasteiger partial charge is 0.291 e. The van der Waals surface area contributed by atoms with E-state index >= 15 is 0 Å². The van der Waals surface area contributed by atoms with E-state index in [1.165, 1.54) is 0 Å². The Morgan fingerprint density at radius 3 is 2.52 bits per heavy atom. The molecule has 0 bridgehead atoms. The first-order valence-corrected chi connectivity index (χ1v) is 8.45. The van der Waals surface area contributed by atoms with Crippen molar-refractivity contribution in [3.63, 3.8) is 0 Å². The summed E-state index contributed by atoms with van der Waals surface area (Å²) < 4.78 is 5.75. The standard InChI is InChI=1S/C17H28N4O2/c1-11-13(18)17(10-23-11)5-7-21(8-6-17)14-15(22)20-12(9-19-14)16(2,3)4/h9,11,13H,5-8,10,18H2,1-4H3,(H,20,22)/t11-,13+/m0/s1. The number of piperidine rings is 1. The van der Waals surface area contributed by atoms with Crippen molar-refractivity contribution in [2.24, 2.45) is 11.1 Å². The molecule has 3 rings (SSSR count). The van der Waals surface area contributed by atoms with Crippen LogP contribution in [0.3, 0.4) is 0 Å². The summed E-state index contributed by atoms with van der Waals surface area (Å²) in [6.45, 7) is 10.6. The van der Waals surface area contributed by atoms with Gasteiger partial charge < -0.3 is 20.4 Å². The van der Waals surface area contributed by atoms with E-state index in [2.05, 4.69) is 35.6 Å². The summed E-state index contributed by atoms with van der Waals surface area (Å²) in [6.07, 6.45) is 3.80. The lowest BCUT2D eigenvalue weighted by molar-refractivity contribution is 0.0974. The van der Waals surface area contributed by atoms with Crippen LogP contribution in [0, 0.1) is 5.41 Å². The van der Waals surface area contributed by atoms with Crippen molar-refractivity contribution in [3.05, 3.63) is 22.2 Å². The third-order valence-electron chi connectivity index (χ3n) is 5.48. The summed E-state index contributed by atoms with van der Waals surface area (Å²) in [7, 11) is 0. The van der Waals surface area contributed by atoms with Gasteiger partial charge in [0, 0.05) is 41.9 Å². The summed E-state index contributed by atoms with van der Waals surface area (Å²) in [6, 6.07) is 0.0826. The summed E-state index contributed by atoms with van der Waals surface area (Å²) in [5.41, 5.74) is 7.05. The summed E-state index contributed by atoms with van der Waals surface area (Å²) >= 11 is 0. The van der Waals surface area contributed by atoms with Crippen LogP contribution < -0.4 is 16.2 Å². The molecule has 6 heteroatoms. The molecular weight excluding hydrogens is 292 g/mol. The number of nitrogens with one attached hydrogen (secondary N) is 1. The minimum Gasteiger partial charge on any atom is -0.376 e. The molecular formula is C17H28N4O2. The maximum absolute atomic E-state index is 12.4. The van der Waals surface area contributed by atoms with Gasteiger partial charge in [0.2, 0.25) is 0 Å². The molecule has 2 aliphatic heterocycles. The van der Waals surface area contributed by atoms with E-state index in [0.717, 1.165) is 38.2 Å². The second kappa shape index (κ2) is 5.60. The molecule has 2 saturated heterocycles. The van der Waals surface area contributed by atoms with E-state index in [-0.39, 0.29) is 28.5 Å². The maximum atomic E-state index is 12.4. The van der Waals surface area contributed by atoms with Crippen LogP contribution in [0.1, 0.15) is 46.2 Å². The van der Waals surface area contributed by atoms with Crippen molar-refractivity contribution in [1.29, 1.82) is 0 Å². The van der Waals surface area contributed by atoms with Gasteiger partial charge in [-0.2, -0.15) is 0 Å². The number of hydrogen-bond donors (Lipinski definition) is 2. The Balaban J connectivity index is 1.75. The fourth-order valence-corrected chi connectivity index (χ4v) is 3.64. The van der Waals surface area contributed by atoms with E-state index in [9.17, 15) is 4.79 Å². The van der Waals surface area contributed by atoms with E-state index in [1.807, 2.05) is 6.92 Å². The zero-order valence-electron chi connectivity index (χ0n) is 14.6. The molecule has 0 aliphatic carbocycles. The fraction of sp³-hybridized carbons (Fsp3) is 0.765. The number of anilines is 1. The van der Waals surface area contributed by atoms with Crippen LogP contribution in [-0.4, -0.2) is 41.8 Å². The lowest BCUT2D eigenvalue weighted by Crippen LogP contribution is -2.51. The van der Waals surface area contributed by atoms with Crippen LogP contribution in [0.5, 0.6) is 0 Å². The molecule has 2 aliphatic rings. The Kier molecular flexibility index (Phi) is 4.01. The predicted octanol–water partition coefficient (Wildman–Crippen LogP) is 1.40. The Morgan fingerprint density at radius 1 is 1.39 bits per heavy atom. The topological polar surface area (TPSA) is 84.2 Å². The molecule has 6 nitrogen and oxygen atoms in total. The highest BCUT2D eigenvalue weighted by Crippen LogP contribution is 2.41. The first kappa shape index (κ1) is 16.5. The number of H-pyrrole nitrogens is 1. The number of nitrogens with zero attached hydrogens (tertiary/aromatic N) is 2. The number of nitrogens with two attached hydrogens (primary N) is 1. The molecule has 1 spiro atoms. The van der Waals surface area contributed by atoms with Crippen LogP contribution in [0.4, 0.5) is 5.82 Å². The molecule has 0 aromatic carbocycles. The van der Waals surface area contributed by atoms with Gasteiger partial charge in [0.25, 0.3) is 5.56 Å². The Morgan fingerprint density at radius 2 is 2.04 bits per heavy atom. The molecule has 2 atom stereocenters. The SMILES string of the molecule is C[C@@H]1OCC2(CCN(c3ncc(C(C)(C)C)[nH]c3=O)CC2)[C@@H]1N. The third kappa shape index (κ3) is 2.90. The van der Waals surface area contributed by atoms with Gasteiger partial charge >= 0.3 is 0 Å². The minimum absolute atomic E-state index is 0.0635. The van der Waals surface area contributed by atoms with E-state index in [1.54, 1.807) is 6.20 Å². The highest BCUT2D eigenvalue weighted by molar-refractivity contribution is 5.37. The Labute approximate surface area is 137 Å². The predicted molar refractivity (Wildman–Crippen MR) is 90.8 cm³/mol. The first-order chi connectivity index (χ1) is 10.7. The molecule has 2 fully saturated rings. The molecule has 1 aromatic heterocycles. The number of hydrogen-bond acceptors (Lipinski definition) is 5. The molecule has 1 aromatic rings. The number of aromatic nitrogens is 2. The van der Waals surface area contributed by atoms with Crippen LogP contribution in [0.25, 0.3) is 0 Å². The molecule has 23 heavy (non-hydrogen) atoms. The zero-order chi connectivity index (χ0) is 16.8. The average Bonchev–Trinajstić information content (AvgIpc) is 2.76. The normalized spacial score (nSPS) is 27.6. The first-order valence-electron chi connectivity index (χ1n) is 8.45. The monoisotopic (exact) mass is 320 g/mol. The highest BCUT2D eigenvalue weighted by atomic mass is 16.5. The Bertz CT molecular complexity index is 626. The summed E-state index contributed by atoms with van der Waals surface area (Å²) in [5.74, 6) is 0.522. The van der Waals surface area contributed by atoms with Gasteiger partial charge in [-0.05, 0) is 19.8 Å². The van der Waals surface area contributed by atoms with Gasteiger partial charge in [-0.25, -0.2) is 4.98 Å². The number of ether oxygens (including phenoxy) is 1. The van der Waals surface area contributed by atoms with Crippen LogP contribution in [0.15, 0.2) is 11.0 Å². The lowest BCUT2D eigenvalue weighted by Gasteiger charge is -2.41. The van der Waals surface area contributed by atoms with E-state index in [0.29, 0.717) is 5.82 Å². The second-order valence-corrected chi connectivity index (χ2v) is 8.09. The maximum Gasteiger partial charge on any atom is 0.291 e. The largest absolute Gasteiger partial charge is 0.376 e. The van der Waals surface area contributed by atoms with E-state index < -0.39 is 0 Å². The Hall–Kier alpha value is -1.40. The molecule has 3 heterocycles. The van der Waals surface area contributed by atoms with Crippen molar-refractivity contribution < 1.29 is 4.74 Å². The van der Waals surface area contributed by atoms with Crippen molar-refractivity contribution in [2.45, 2.75) is 58.1 Å². The molecule has 0 saturated carbocycles. The average molecular weight is 320 g/mol. The van der Waals surface area contributed by atoms with E-state index in [4.69, 9.17) is 10.5 Å². The van der Waals surface area contributed by atoms with Crippen LogP contribution >= 0.6 is 0 Å². The zero-order valence-corrected chi connectivity index (χ0v) is 14.6. The lowest BCUT2D eigenvalue weighted by atomic mass is 9.73. The van der Waals surface area contributed by atoms with Crippen LogP contribution in [0.2, 0.25) is 0 Å². The summed E-state index contributed by atoms with van der Waals surface area (Å²) in [5, 5.41) is 0. The van der Waals surface area contributed by atoms with Gasteiger partial charge in [-0.1, -0.05) is 20.8 Å². The highest BCUT2D eigenvalue weighted by Gasteiger charge is 2.47. The van der Waals surface area contributed by atoms with Crippen molar-refractivity contribution in [2.75, 3.05) is 24.6 Å². The molecule has 0 radical (unpaired) electrons. The van der Waals surface area contributed by atoms with Crippen molar-refractivity contribution in [3.8, 4) is 0 Å². The summed E-state index contributed by atoms with van der Waals surface area (Å²) in [4.78, 5) is 21.9. The minimum atomic E-state index is -0.110. The third-order valence-corrected chi connectivity index (χ3v) is 5.48.